The summed E-state index contributed by atoms with van der Waals surface area (Å²) in [4.78, 5) is 16.4. The normalized spacial score (nSPS) is 14.0. The summed E-state index contributed by atoms with van der Waals surface area (Å²) in [6.45, 7) is 4.04. The molecule has 21 heavy (non-hydrogen) atoms. The Labute approximate surface area is 128 Å². The van der Waals surface area contributed by atoms with Crippen molar-refractivity contribution < 1.29 is 9.90 Å². The van der Waals surface area contributed by atoms with Crippen LogP contribution in [0.25, 0.3) is 0 Å². The van der Waals surface area contributed by atoms with E-state index in [1.807, 2.05) is 17.4 Å². The van der Waals surface area contributed by atoms with Gasteiger partial charge < -0.3 is 10.0 Å². The molecule has 1 aliphatic rings. The predicted molar refractivity (Wildman–Crippen MR) is 86.5 cm³/mol. The Kier molecular flexibility index (Phi) is 3.97. The Hall–Kier alpha value is -1.81. The largest absolute Gasteiger partial charge is 0.478 e. The van der Waals surface area contributed by atoms with Crippen molar-refractivity contribution in [1.82, 2.24) is 0 Å². The molecule has 0 bridgehead atoms. The van der Waals surface area contributed by atoms with Gasteiger partial charge in [0.15, 0.2) is 0 Å². The van der Waals surface area contributed by atoms with Gasteiger partial charge in [-0.05, 0) is 49.1 Å². The highest BCUT2D eigenvalue weighted by Gasteiger charge is 2.22. The van der Waals surface area contributed by atoms with Crippen LogP contribution in [-0.2, 0) is 19.4 Å². The van der Waals surface area contributed by atoms with Gasteiger partial charge in [0, 0.05) is 22.0 Å². The number of fused-ring (bicyclic) bond motifs is 1. The molecule has 0 unspecified atom stereocenters. The van der Waals surface area contributed by atoms with Crippen LogP contribution in [0.5, 0.6) is 0 Å². The van der Waals surface area contributed by atoms with Gasteiger partial charge in [0.25, 0.3) is 0 Å². The minimum absolute atomic E-state index is 0.456. The molecule has 1 aliphatic heterocycles. The predicted octanol–water partition coefficient (Wildman–Crippen LogP) is 3.96. The molecule has 110 valence electrons. The van der Waals surface area contributed by atoms with Crippen LogP contribution in [0.15, 0.2) is 30.3 Å². The molecule has 1 aromatic heterocycles. The zero-order valence-electron chi connectivity index (χ0n) is 12.1. The summed E-state index contributed by atoms with van der Waals surface area (Å²) in [5.74, 6) is -0.821. The number of carboxylic acids is 1. The fraction of sp³-hybridized carbons (Fsp3) is 0.353. The number of benzene rings is 1. The van der Waals surface area contributed by atoms with E-state index in [1.54, 1.807) is 6.07 Å². The second-order valence-corrected chi connectivity index (χ2v) is 6.61. The molecule has 0 aliphatic carbocycles. The quantitative estimate of drug-likeness (QED) is 0.929. The van der Waals surface area contributed by atoms with Gasteiger partial charge in [-0.25, -0.2) is 4.79 Å². The van der Waals surface area contributed by atoms with Crippen LogP contribution in [0.3, 0.4) is 0 Å². The lowest BCUT2D eigenvalue weighted by atomic mass is 9.96. The van der Waals surface area contributed by atoms with Crippen molar-refractivity contribution in [3.05, 3.63) is 51.2 Å². The molecular weight excluding hydrogens is 282 g/mol. The first kappa shape index (κ1) is 14.1. The van der Waals surface area contributed by atoms with Crippen molar-refractivity contribution in [3.63, 3.8) is 0 Å². The minimum atomic E-state index is -0.821. The van der Waals surface area contributed by atoms with Gasteiger partial charge in [-0.1, -0.05) is 13.0 Å². The van der Waals surface area contributed by atoms with E-state index in [0.29, 0.717) is 5.56 Å². The monoisotopic (exact) mass is 301 g/mol. The van der Waals surface area contributed by atoms with E-state index in [4.69, 9.17) is 0 Å². The summed E-state index contributed by atoms with van der Waals surface area (Å²) in [6, 6.07) is 10.0. The summed E-state index contributed by atoms with van der Waals surface area (Å²) in [7, 11) is 0. The zero-order valence-corrected chi connectivity index (χ0v) is 12.9. The van der Waals surface area contributed by atoms with Gasteiger partial charge in [0.1, 0.15) is 0 Å². The van der Waals surface area contributed by atoms with E-state index in [1.165, 1.54) is 9.75 Å². The topological polar surface area (TPSA) is 40.5 Å². The Morgan fingerprint density at radius 2 is 2.10 bits per heavy atom. The second-order valence-electron chi connectivity index (χ2n) is 5.36. The molecule has 3 nitrogen and oxygen atoms in total. The molecule has 3 rings (SSSR count). The number of aryl methyl sites for hydroxylation is 1. The van der Waals surface area contributed by atoms with Crippen LogP contribution in [0, 0.1) is 0 Å². The number of thiophene rings is 1. The van der Waals surface area contributed by atoms with Gasteiger partial charge in [0.2, 0.25) is 0 Å². The molecule has 1 N–H and O–H groups in total. The van der Waals surface area contributed by atoms with Crippen LogP contribution >= 0.6 is 11.3 Å². The third-order valence-corrected chi connectivity index (χ3v) is 5.20. The molecule has 2 heterocycles. The first-order valence-corrected chi connectivity index (χ1v) is 8.18. The van der Waals surface area contributed by atoms with Gasteiger partial charge in [-0.3, -0.25) is 0 Å². The molecule has 0 fully saturated rings. The van der Waals surface area contributed by atoms with Crippen molar-refractivity contribution >= 4 is 23.0 Å². The highest BCUT2D eigenvalue weighted by atomic mass is 32.1. The number of carboxylic acid groups (broad SMARTS) is 1. The van der Waals surface area contributed by atoms with E-state index >= 15 is 0 Å². The third kappa shape index (κ3) is 2.81. The first-order chi connectivity index (χ1) is 10.2. The smallest absolute Gasteiger partial charge is 0.336 e. The Balaban J connectivity index is 1.90. The maximum absolute atomic E-state index is 11.4. The van der Waals surface area contributed by atoms with Crippen LogP contribution in [0.2, 0.25) is 0 Å². The van der Waals surface area contributed by atoms with Gasteiger partial charge in [-0.15, -0.1) is 11.3 Å². The average molecular weight is 301 g/mol. The molecule has 4 heteroatoms. The SMILES string of the molecule is CCc1ccc(CN2CCCc3c(C(=O)O)cccc32)s1. The molecule has 2 aromatic rings. The van der Waals surface area contributed by atoms with E-state index in [-0.39, 0.29) is 0 Å². The summed E-state index contributed by atoms with van der Waals surface area (Å²) >= 11 is 1.85. The number of nitrogens with zero attached hydrogens (tertiary/aromatic N) is 1. The summed E-state index contributed by atoms with van der Waals surface area (Å²) < 4.78 is 0. The molecule has 0 amide bonds. The van der Waals surface area contributed by atoms with Crippen molar-refractivity contribution in [1.29, 1.82) is 0 Å². The number of rotatable bonds is 4. The summed E-state index contributed by atoms with van der Waals surface area (Å²) in [6.07, 6.45) is 2.95. The minimum Gasteiger partial charge on any atom is -0.478 e. The zero-order chi connectivity index (χ0) is 14.8. The van der Waals surface area contributed by atoms with Gasteiger partial charge in [0.05, 0.1) is 12.1 Å². The Morgan fingerprint density at radius 1 is 1.29 bits per heavy atom. The van der Waals surface area contributed by atoms with E-state index in [2.05, 4.69) is 30.0 Å². The fourth-order valence-corrected chi connectivity index (χ4v) is 3.92. The van der Waals surface area contributed by atoms with Crippen molar-refractivity contribution in [2.75, 3.05) is 11.4 Å². The fourth-order valence-electron chi connectivity index (χ4n) is 2.95. The number of anilines is 1. The number of hydrogen-bond acceptors (Lipinski definition) is 3. The van der Waals surface area contributed by atoms with Crippen LogP contribution < -0.4 is 4.90 Å². The van der Waals surface area contributed by atoms with Gasteiger partial charge in [-0.2, -0.15) is 0 Å². The average Bonchev–Trinajstić information content (AvgIpc) is 2.94. The second kappa shape index (κ2) is 5.90. The number of aromatic carboxylic acids is 1. The van der Waals surface area contributed by atoms with E-state index in [0.717, 1.165) is 43.6 Å². The Bertz CT molecular complexity index is 663. The molecule has 0 radical (unpaired) electrons. The molecule has 0 saturated carbocycles. The van der Waals surface area contributed by atoms with Crippen LogP contribution in [-0.4, -0.2) is 17.6 Å². The molecule has 0 atom stereocenters. The molecule has 1 aromatic carbocycles. The van der Waals surface area contributed by atoms with E-state index in [9.17, 15) is 9.90 Å². The van der Waals surface area contributed by atoms with Gasteiger partial charge >= 0.3 is 5.97 Å². The maximum Gasteiger partial charge on any atom is 0.336 e. The maximum atomic E-state index is 11.4. The highest BCUT2D eigenvalue weighted by molar-refractivity contribution is 7.12. The lowest BCUT2D eigenvalue weighted by Crippen LogP contribution is -2.29. The van der Waals surface area contributed by atoms with Crippen molar-refractivity contribution in [3.8, 4) is 0 Å². The molecule has 0 spiro atoms. The molecule has 0 saturated heterocycles. The number of carbonyl (C=O) groups is 1. The number of hydrogen-bond donors (Lipinski definition) is 1. The Morgan fingerprint density at radius 3 is 2.81 bits per heavy atom. The first-order valence-electron chi connectivity index (χ1n) is 7.36. The van der Waals surface area contributed by atoms with E-state index < -0.39 is 5.97 Å². The summed E-state index contributed by atoms with van der Waals surface area (Å²) in [5, 5.41) is 9.34. The van der Waals surface area contributed by atoms with Crippen LogP contribution in [0.4, 0.5) is 5.69 Å². The van der Waals surface area contributed by atoms with Crippen molar-refractivity contribution in [2.45, 2.75) is 32.7 Å². The lowest BCUT2D eigenvalue weighted by molar-refractivity contribution is 0.0695. The van der Waals surface area contributed by atoms with Crippen LogP contribution in [0.1, 0.15) is 39.0 Å². The third-order valence-electron chi connectivity index (χ3n) is 3.99. The van der Waals surface area contributed by atoms with Crippen molar-refractivity contribution in [2.24, 2.45) is 0 Å². The highest BCUT2D eigenvalue weighted by Crippen LogP contribution is 2.32. The molecular formula is C17H19NO2S. The standard InChI is InChI=1S/C17H19NO2S/c1-2-12-8-9-13(21-12)11-18-10-4-6-14-15(17(19)20)5-3-7-16(14)18/h3,5,7-9H,2,4,6,10-11H2,1H3,(H,19,20). The summed E-state index contributed by atoms with van der Waals surface area (Å²) in [5.41, 5.74) is 2.54. The lowest BCUT2D eigenvalue weighted by Gasteiger charge is -2.31.